The molecule has 170 valence electrons. The predicted octanol–water partition coefficient (Wildman–Crippen LogP) is 2.28. The van der Waals surface area contributed by atoms with Gasteiger partial charge in [0.15, 0.2) is 0 Å². The number of benzene rings is 3. The molecule has 16 heteroatoms. The zero-order valence-electron chi connectivity index (χ0n) is 15.5. The van der Waals surface area contributed by atoms with Crippen LogP contribution in [0.25, 0.3) is 10.8 Å². The standard InChI is InChI=1S/C16H13N3O10S3/c17-11-2-3-12(10-5-9(31(24,25)26)7-14(20)16(10)11)18-19-13-6-8(30(21,22)23)1-4-15(13)32(27,28)29/h1-7,20H,17H2,(H,21,22,23)(H,24,25,26)(H,27,28,29). The highest BCUT2D eigenvalue weighted by molar-refractivity contribution is 7.86. The quantitative estimate of drug-likeness (QED) is 0.192. The van der Waals surface area contributed by atoms with Crippen LogP contribution in [0, 0.1) is 0 Å². The van der Waals surface area contributed by atoms with Crippen LogP contribution in [-0.2, 0) is 30.4 Å². The van der Waals surface area contributed by atoms with Gasteiger partial charge in [0.05, 0.1) is 15.5 Å². The van der Waals surface area contributed by atoms with E-state index in [1.54, 1.807) is 0 Å². The highest BCUT2D eigenvalue weighted by Gasteiger charge is 2.21. The number of fused-ring (bicyclic) bond motifs is 1. The molecule has 0 aliphatic carbocycles. The molecule has 0 aliphatic rings. The Bertz CT molecular complexity index is 1610. The summed E-state index contributed by atoms with van der Waals surface area (Å²) in [6, 6.07) is 6.18. The molecule has 0 spiro atoms. The summed E-state index contributed by atoms with van der Waals surface area (Å²) in [6.45, 7) is 0. The molecule has 0 atom stereocenters. The van der Waals surface area contributed by atoms with Gasteiger partial charge in [0, 0.05) is 22.5 Å². The first kappa shape index (κ1) is 23.5. The molecule has 0 unspecified atom stereocenters. The number of azo groups is 1. The lowest BCUT2D eigenvalue weighted by Gasteiger charge is -2.09. The first-order valence-electron chi connectivity index (χ1n) is 8.12. The topological polar surface area (TPSA) is 234 Å². The van der Waals surface area contributed by atoms with E-state index in [1.807, 2.05) is 0 Å². The molecule has 3 aromatic rings. The van der Waals surface area contributed by atoms with E-state index in [2.05, 4.69) is 10.2 Å². The third-order valence-electron chi connectivity index (χ3n) is 4.15. The fourth-order valence-electron chi connectivity index (χ4n) is 2.75. The molecule has 13 nitrogen and oxygen atoms in total. The van der Waals surface area contributed by atoms with Crippen LogP contribution in [0.1, 0.15) is 0 Å². The minimum absolute atomic E-state index is 0.00494. The molecule has 0 radical (unpaired) electrons. The summed E-state index contributed by atoms with van der Waals surface area (Å²) in [7, 11) is -14.4. The summed E-state index contributed by atoms with van der Waals surface area (Å²) in [5, 5.41) is 17.3. The number of phenolic OH excluding ortho intramolecular Hbond substituents is 1. The van der Waals surface area contributed by atoms with Gasteiger partial charge in [-0.15, -0.1) is 10.2 Å². The largest absolute Gasteiger partial charge is 0.507 e. The fraction of sp³-hybridized carbons (Fsp3) is 0. The van der Waals surface area contributed by atoms with E-state index in [4.69, 9.17) is 10.3 Å². The Labute approximate surface area is 181 Å². The number of nitrogens with zero attached hydrogens (tertiary/aromatic N) is 2. The minimum atomic E-state index is -4.88. The van der Waals surface area contributed by atoms with Crippen molar-refractivity contribution in [3.8, 4) is 5.75 Å². The Morgan fingerprint density at radius 2 is 1.28 bits per heavy atom. The van der Waals surface area contributed by atoms with E-state index in [-0.39, 0.29) is 22.1 Å². The number of rotatable bonds is 5. The van der Waals surface area contributed by atoms with Crippen LogP contribution in [0.4, 0.5) is 17.1 Å². The average Bonchev–Trinajstić information content (AvgIpc) is 2.64. The molecule has 0 heterocycles. The second-order valence-electron chi connectivity index (χ2n) is 6.29. The van der Waals surface area contributed by atoms with Crippen molar-refractivity contribution in [1.82, 2.24) is 0 Å². The van der Waals surface area contributed by atoms with Crippen LogP contribution in [0.5, 0.6) is 5.75 Å². The van der Waals surface area contributed by atoms with Crippen LogP contribution in [0.2, 0.25) is 0 Å². The van der Waals surface area contributed by atoms with Gasteiger partial charge in [-0.25, -0.2) is 0 Å². The minimum Gasteiger partial charge on any atom is -0.507 e. The first-order chi connectivity index (χ1) is 14.6. The summed E-state index contributed by atoms with van der Waals surface area (Å²) in [5.74, 6) is -0.614. The van der Waals surface area contributed by atoms with Crippen molar-refractivity contribution >= 4 is 58.2 Å². The Balaban J connectivity index is 2.30. The lowest BCUT2D eigenvalue weighted by atomic mass is 10.1. The molecule has 32 heavy (non-hydrogen) atoms. The van der Waals surface area contributed by atoms with Crippen LogP contribution < -0.4 is 5.73 Å². The number of nitrogens with two attached hydrogens (primary N) is 1. The highest BCUT2D eigenvalue weighted by atomic mass is 32.2. The zero-order chi connectivity index (χ0) is 24.1. The maximum absolute atomic E-state index is 11.6. The van der Waals surface area contributed by atoms with Gasteiger partial charge in [0.2, 0.25) is 0 Å². The summed E-state index contributed by atoms with van der Waals surface area (Å²) < 4.78 is 96.6. The highest BCUT2D eigenvalue weighted by Crippen LogP contribution is 2.39. The van der Waals surface area contributed by atoms with Crippen LogP contribution in [-0.4, -0.2) is 44.0 Å². The second-order valence-corrected chi connectivity index (χ2v) is 10.5. The van der Waals surface area contributed by atoms with Crippen molar-refractivity contribution in [2.24, 2.45) is 10.2 Å². The van der Waals surface area contributed by atoms with E-state index in [0.717, 1.165) is 12.1 Å². The Kier molecular flexibility index (Phi) is 5.71. The summed E-state index contributed by atoms with van der Waals surface area (Å²) in [5.41, 5.74) is 4.94. The normalized spacial score (nSPS) is 13.1. The summed E-state index contributed by atoms with van der Waals surface area (Å²) in [4.78, 5) is -2.28. The van der Waals surface area contributed by atoms with Crippen LogP contribution in [0.3, 0.4) is 0 Å². The van der Waals surface area contributed by atoms with Gasteiger partial charge in [0.1, 0.15) is 16.3 Å². The molecule has 0 bridgehead atoms. The van der Waals surface area contributed by atoms with Gasteiger partial charge in [-0.05, 0) is 36.4 Å². The van der Waals surface area contributed by atoms with Crippen molar-refractivity contribution in [3.05, 3.63) is 42.5 Å². The molecule has 0 saturated carbocycles. The third kappa shape index (κ3) is 4.69. The second kappa shape index (κ2) is 7.76. The average molecular weight is 503 g/mol. The lowest BCUT2D eigenvalue weighted by Crippen LogP contribution is -2.02. The molecule has 0 amide bonds. The SMILES string of the molecule is Nc1ccc(N=Nc2cc(S(=O)(=O)O)ccc2S(=O)(=O)O)c2cc(S(=O)(=O)O)cc(O)c12. The maximum Gasteiger partial charge on any atom is 0.296 e. The number of hydrogen-bond donors (Lipinski definition) is 5. The number of aromatic hydroxyl groups is 1. The fourth-order valence-corrected chi connectivity index (χ4v) is 4.38. The van der Waals surface area contributed by atoms with Gasteiger partial charge in [-0.3, -0.25) is 13.7 Å². The number of phenols is 1. The molecule has 0 aromatic heterocycles. The number of anilines is 1. The monoisotopic (exact) mass is 503 g/mol. The van der Waals surface area contributed by atoms with Gasteiger partial charge in [-0.2, -0.15) is 25.3 Å². The van der Waals surface area contributed by atoms with Gasteiger partial charge in [-0.1, -0.05) is 0 Å². The molecule has 0 aliphatic heterocycles. The van der Waals surface area contributed by atoms with E-state index in [1.165, 1.54) is 12.1 Å². The van der Waals surface area contributed by atoms with Crippen molar-refractivity contribution < 1.29 is 44.0 Å². The molecule has 0 saturated heterocycles. The molecule has 6 N–H and O–H groups in total. The smallest absolute Gasteiger partial charge is 0.296 e. The van der Waals surface area contributed by atoms with E-state index in [9.17, 15) is 39.5 Å². The summed E-state index contributed by atoms with van der Waals surface area (Å²) >= 11 is 0. The van der Waals surface area contributed by atoms with Crippen molar-refractivity contribution in [2.75, 3.05) is 5.73 Å². The molecule has 3 rings (SSSR count). The zero-order valence-corrected chi connectivity index (χ0v) is 17.9. The van der Waals surface area contributed by atoms with E-state index >= 15 is 0 Å². The van der Waals surface area contributed by atoms with Gasteiger partial charge in [0.25, 0.3) is 30.4 Å². The molecular weight excluding hydrogens is 490 g/mol. The molecule has 3 aromatic carbocycles. The predicted molar refractivity (Wildman–Crippen MR) is 110 cm³/mol. The van der Waals surface area contributed by atoms with E-state index < -0.39 is 56.5 Å². The number of nitrogen functional groups attached to an aromatic ring is 1. The first-order valence-corrected chi connectivity index (χ1v) is 12.4. The van der Waals surface area contributed by atoms with E-state index in [0.29, 0.717) is 18.2 Å². The Morgan fingerprint density at radius 3 is 1.84 bits per heavy atom. The van der Waals surface area contributed by atoms with Crippen molar-refractivity contribution in [3.63, 3.8) is 0 Å². The number of hydrogen-bond acceptors (Lipinski definition) is 10. The van der Waals surface area contributed by atoms with Crippen molar-refractivity contribution in [1.29, 1.82) is 0 Å². The van der Waals surface area contributed by atoms with Crippen LogP contribution in [0.15, 0.2) is 67.4 Å². The lowest BCUT2D eigenvalue weighted by molar-refractivity contribution is 0.471. The maximum atomic E-state index is 11.6. The van der Waals surface area contributed by atoms with Gasteiger partial charge >= 0.3 is 0 Å². The Hall–Kier alpha value is -3.15. The van der Waals surface area contributed by atoms with Crippen molar-refractivity contribution in [2.45, 2.75) is 14.7 Å². The molecule has 0 fully saturated rings. The summed E-state index contributed by atoms with van der Waals surface area (Å²) in [6.07, 6.45) is 0. The Morgan fingerprint density at radius 1 is 0.688 bits per heavy atom. The van der Waals surface area contributed by atoms with Crippen LogP contribution >= 0.6 is 0 Å². The third-order valence-corrected chi connectivity index (χ3v) is 6.73. The molecular formula is C16H13N3O10S3. The van der Waals surface area contributed by atoms with Gasteiger partial charge < -0.3 is 10.8 Å².